The van der Waals surface area contributed by atoms with Gasteiger partial charge in [0.05, 0.1) is 17.2 Å². The van der Waals surface area contributed by atoms with Gasteiger partial charge in [0.1, 0.15) is 11.3 Å². The van der Waals surface area contributed by atoms with E-state index in [2.05, 4.69) is 22.4 Å². The number of carboxylic acids is 1. The summed E-state index contributed by atoms with van der Waals surface area (Å²) in [6.07, 6.45) is 2.18. The van der Waals surface area contributed by atoms with Crippen LogP contribution in [0.25, 0.3) is 0 Å². The Hall–Kier alpha value is -2.93. The predicted molar refractivity (Wildman–Crippen MR) is 102 cm³/mol. The van der Waals surface area contributed by atoms with E-state index in [0.29, 0.717) is 12.2 Å². The van der Waals surface area contributed by atoms with Crippen molar-refractivity contribution in [3.63, 3.8) is 0 Å². The Balaban J connectivity index is 1.55. The van der Waals surface area contributed by atoms with Gasteiger partial charge >= 0.3 is 5.97 Å². The smallest absolute Gasteiger partial charge is 0.339 e. The SMILES string of the molecule is CCc1oc(C(=O)NCc2csc(CCc3ccccc3)n2)cc1C(=O)O. The monoisotopic (exact) mass is 384 g/mol. The van der Waals surface area contributed by atoms with Crippen LogP contribution in [0.4, 0.5) is 0 Å². The van der Waals surface area contributed by atoms with Gasteiger partial charge in [0.25, 0.3) is 5.91 Å². The van der Waals surface area contributed by atoms with Gasteiger partial charge in [-0.2, -0.15) is 0 Å². The molecule has 27 heavy (non-hydrogen) atoms. The van der Waals surface area contributed by atoms with E-state index >= 15 is 0 Å². The van der Waals surface area contributed by atoms with Crippen molar-refractivity contribution in [3.8, 4) is 0 Å². The number of carbonyl (C=O) groups excluding carboxylic acids is 1. The normalized spacial score (nSPS) is 10.7. The highest BCUT2D eigenvalue weighted by Gasteiger charge is 2.20. The topological polar surface area (TPSA) is 92.4 Å². The summed E-state index contributed by atoms with van der Waals surface area (Å²) in [7, 11) is 0. The fourth-order valence-electron chi connectivity index (χ4n) is 2.68. The summed E-state index contributed by atoms with van der Waals surface area (Å²) < 4.78 is 5.36. The number of hydrogen-bond donors (Lipinski definition) is 2. The van der Waals surface area contributed by atoms with Gasteiger partial charge in [-0.1, -0.05) is 37.3 Å². The van der Waals surface area contributed by atoms with Gasteiger partial charge in [0, 0.05) is 24.3 Å². The Morgan fingerprint density at radius 2 is 2.00 bits per heavy atom. The molecule has 0 aliphatic heterocycles. The molecule has 3 aromatic rings. The Morgan fingerprint density at radius 3 is 2.67 bits per heavy atom. The quantitative estimate of drug-likeness (QED) is 0.618. The first-order valence-electron chi connectivity index (χ1n) is 8.68. The molecule has 6 nitrogen and oxygen atoms in total. The first-order chi connectivity index (χ1) is 13.1. The van der Waals surface area contributed by atoms with Crippen LogP contribution in [0, 0.1) is 0 Å². The summed E-state index contributed by atoms with van der Waals surface area (Å²) in [5.41, 5.74) is 2.07. The van der Waals surface area contributed by atoms with Crippen LogP contribution in [0.1, 0.15) is 49.9 Å². The number of carboxylic acid groups (broad SMARTS) is 1. The highest BCUT2D eigenvalue weighted by Crippen LogP contribution is 2.17. The van der Waals surface area contributed by atoms with Crippen LogP contribution in [0.2, 0.25) is 0 Å². The summed E-state index contributed by atoms with van der Waals surface area (Å²) in [6, 6.07) is 11.5. The van der Waals surface area contributed by atoms with Gasteiger partial charge in [-0.25, -0.2) is 9.78 Å². The van der Waals surface area contributed by atoms with Crippen molar-refractivity contribution in [2.24, 2.45) is 0 Å². The first-order valence-corrected chi connectivity index (χ1v) is 9.56. The molecule has 0 spiro atoms. The minimum absolute atomic E-state index is 0.00350. The molecule has 0 saturated carbocycles. The average Bonchev–Trinajstić information content (AvgIpc) is 3.32. The lowest BCUT2D eigenvalue weighted by molar-refractivity contribution is 0.0694. The van der Waals surface area contributed by atoms with Gasteiger partial charge in [0.2, 0.25) is 0 Å². The average molecular weight is 384 g/mol. The summed E-state index contributed by atoms with van der Waals surface area (Å²) >= 11 is 1.57. The number of carbonyl (C=O) groups is 2. The molecule has 0 atom stereocenters. The van der Waals surface area contributed by atoms with Crippen molar-refractivity contribution in [1.82, 2.24) is 10.3 Å². The number of thiazole rings is 1. The zero-order valence-electron chi connectivity index (χ0n) is 14.9. The van der Waals surface area contributed by atoms with Gasteiger partial charge in [-0.05, 0) is 12.0 Å². The standard InChI is InChI=1S/C20H20N2O4S/c1-2-16-15(20(24)25)10-17(26-16)19(23)21-11-14-12-27-18(22-14)9-8-13-6-4-3-5-7-13/h3-7,10,12H,2,8-9,11H2,1H3,(H,21,23)(H,24,25). The molecule has 0 radical (unpaired) electrons. The summed E-state index contributed by atoms with van der Waals surface area (Å²) in [6.45, 7) is 2.05. The molecular weight excluding hydrogens is 364 g/mol. The second kappa shape index (κ2) is 8.64. The van der Waals surface area contributed by atoms with Crippen molar-refractivity contribution in [1.29, 1.82) is 0 Å². The highest BCUT2D eigenvalue weighted by atomic mass is 32.1. The van der Waals surface area contributed by atoms with E-state index in [1.54, 1.807) is 18.3 Å². The van der Waals surface area contributed by atoms with E-state index in [-0.39, 0.29) is 17.9 Å². The number of nitrogens with one attached hydrogen (secondary N) is 1. The third-order valence-corrected chi connectivity index (χ3v) is 5.04. The number of furan rings is 1. The van der Waals surface area contributed by atoms with Crippen molar-refractivity contribution in [2.45, 2.75) is 32.7 Å². The van der Waals surface area contributed by atoms with E-state index in [4.69, 9.17) is 9.52 Å². The molecule has 140 valence electrons. The summed E-state index contributed by atoms with van der Waals surface area (Å²) in [5, 5.41) is 14.8. The van der Waals surface area contributed by atoms with Crippen LogP contribution in [-0.4, -0.2) is 22.0 Å². The predicted octanol–water partition coefficient (Wildman–Crippen LogP) is 3.71. The van der Waals surface area contributed by atoms with Gasteiger partial charge < -0.3 is 14.8 Å². The number of benzene rings is 1. The Kier molecular flexibility index (Phi) is 6.03. The lowest BCUT2D eigenvalue weighted by Gasteiger charge is -2.00. The molecule has 2 heterocycles. The van der Waals surface area contributed by atoms with E-state index in [9.17, 15) is 9.59 Å². The van der Waals surface area contributed by atoms with Crippen LogP contribution < -0.4 is 5.32 Å². The second-order valence-corrected chi connectivity index (χ2v) is 6.95. The molecule has 1 amide bonds. The minimum atomic E-state index is -1.10. The third kappa shape index (κ3) is 4.83. The number of aryl methyl sites for hydroxylation is 3. The van der Waals surface area contributed by atoms with Crippen LogP contribution in [0.15, 0.2) is 46.2 Å². The Labute approximate surface area is 160 Å². The number of aromatic carboxylic acids is 1. The molecule has 0 fully saturated rings. The Bertz CT molecular complexity index is 931. The molecule has 2 N–H and O–H groups in total. The maximum Gasteiger partial charge on any atom is 0.339 e. The van der Waals surface area contributed by atoms with Crippen LogP contribution in [-0.2, 0) is 25.8 Å². The van der Waals surface area contributed by atoms with Gasteiger partial charge in [-0.15, -0.1) is 11.3 Å². The lowest BCUT2D eigenvalue weighted by atomic mass is 10.1. The largest absolute Gasteiger partial charge is 0.478 e. The third-order valence-electron chi connectivity index (χ3n) is 4.08. The van der Waals surface area contributed by atoms with E-state index in [0.717, 1.165) is 23.5 Å². The number of hydrogen-bond acceptors (Lipinski definition) is 5. The molecule has 0 saturated heterocycles. The van der Waals surface area contributed by atoms with Crippen LogP contribution in [0.5, 0.6) is 0 Å². The molecule has 3 rings (SSSR count). The van der Waals surface area contributed by atoms with Crippen molar-refractivity contribution >= 4 is 23.2 Å². The van der Waals surface area contributed by atoms with Crippen molar-refractivity contribution in [2.75, 3.05) is 0 Å². The maximum absolute atomic E-state index is 12.2. The molecular formula is C20H20N2O4S. The summed E-state index contributed by atoms with van der Waals surface area (Å²) in [4.78, 5) is 27.9. The van der Waals surface area contributed by atoms with Crippen LogP contribution >= 0.6 is 11.3 Å². The van der Waals surface area contributed by atoms with E-state index in [1.165, 1.54) is 11.6 Å². The van der Waals surface area contributed by atoms with E-state index in [1.807, 2.05) is 23.6 Å². The molecule has 1 aromatic carbocycles. The number of rotatable bonds is 8. The molecule has 7 heteroatoms. The van der Waals surface area contributed by atoms with Crippen LogP contribution in [0.3, 0.4) is 0 Å². The Morgan fingerprint density at radius 1 is 1.22 bits per heavy atom. The van der Waals surface area contributed by atoms with Gasteiger partial charge in [0.15, 0.2) is 5.76 Å². The molecule has 0 unspecified atom stereocenters. The number of nitrogens with zero attached hydrogens (tertiary/aromatic N) is 1. The fraction of sp³-hybridized carbons (Fsp3) is 0.250. The second-order valence-electron chi connectivity index (χ2n) is 6.01. The molecule has 2 aromatic heterocycles. The minimum Gasteiger partial charge on any atom is -0.478 e. The zero-order chi connectivity index (χ0) is 19.2. The fourth-order valence-corrected chi connectivity index (χ4v) is 3.48. The van der Waals surface area contributed by atoms with Gasteiger partial charge in [-0.3, -0.25) is 4.79 Å². The molecule has 0 aliphatic rings. The molecule has 0 aliphatic carbocycles. The summed E-state index contributed by atoms with van der Waals surface area (Å²) in [5.74, 6) is -1.25. The zero-order valence-corrected chi connectivity index (χ0v) is 15.7. The highest BCUT2D eigenvalue weighted by molar-refractivity contribution is 7.09. The number of amides is 1. The maximum atomic E-state index is 12.2. The lowest BCUT2D eigenvalue weighted by Crippen LogP contribution is -2.22. The molecule has 0 bridgehead atoms. The first kappa shape index (κ1) is 18.8. The van der Waals surface area contributed by atoms with Crippen molar-refractivity contribution < 1.29 is 19.1 Å². The van der Waals surface area contributed by atoms with E-state index < -0.39 is 11.9 Å². The number of aromatic nitrogens is 1. The van der Waals surface area contributed by atoms with Crippen molar-refractivity contribution in [3.05, 3.63) is 75.1 Å².